The van der Waals surface area contributed by atoms with Gasteiger partial charge in [0.2, 0.25) is 17.8 Å². The van der Waals surface area contributed by atoms with Gasteiger partial charge in [0.05, 0.1) is 50.2 Å². The molecule has 0 spiro atoms. The van der Waals surface area contributed by atoms with Crippen molar-refractivity contribution in [3.63, 3.8) is 0 Å². The second kappa shape index (κ2) is 15.6. The number of rotatable bonds is 14. The molecule has 0 saturated carbocycles. The third kappa shape index (κ3) is 9.31. The lowest BCUT2D eigenvalue weighted by atomic mass is 9.92. The van der Waals surface area contributed by atoms with E-state index >= 15 is 0 Å². The molecule has 0 unspecified atom stereocenters. The van der Waals surface area contributed by atoms with Crippen molar-refractivity contribution in [1.29, 1.82) is 0 Å². The molecule has 1 aromatic heterocycles. The topological polar surface area (TPSA) is 148 Å². The highest BCUT2D eigenvalue weighted by Gasteiger charge is 2.30. The number of carbonyl (C=O) groups is 2. The van der Waals surface area contributed by atoms with Crippen LogP contribution in [0.15, 0.2) is 36.7 Å². The molecule has 0 atom stereocenters. The number of piperidine rings is 1. The smallest absolute Gasteiger partial charge is 0.243 e. The third-order valence-electron chi connectivity index (χ3n) is 7.93. The molecule has 2 amide bonds. The molecule has 2 aliphatic rings. The summed E-state index contributed by atoms with van der Waals surface area (Å²) in [6.07, 6.45) is 9.21. The van der Waals surface area contributed by atoms with Gasteiger partial charge in [0.15, 0.2) is 0 Å². The first kappa shape index (κ1) is 33.5. The highest BCUT2D eigenvalue weighted by Crippen LogP contribution is 2.26. The van der Waals surface area contributed by atoms with Crippen LogP contribution in [0.3, 0.4) is 0 Å². The van der Waals surface area contributed by atoms with Crippen LogP contribution in [0.25, 0.3) is 0 Å². The SMILES string of the molecule is O=C(/C=C/C1CN(C(=O)Cc2c(F)cc(OCCCC3CCN(c4ncc(Cl)cn4)CC3)cc2F)C1)NCC(O)(CO)CO. The Hall–Kier alpha value is -3.39. The first-order chi connectivity index (χ1) is 21.1. The Balaban J connectivity index is 1.14. The number of ether oxygens (including phenoxy) is 1. The fourth-order valence-corrected chi connectivity index (χ4v) is 5.18. The zero-order valence-corrected chi connectivity index (χ0v) is 25.1. The van der Waals surface area contributed by atoms with Gasteiger partial charge in [-0.15, -0.1) is 0 Å². The fourth-order valence-electron chi connectivity index (χ4n) is 5.08. The minimum Gasteiger partial charge on any atom is -0.493 e. The van der Waals surface area contributed by atoms with Gasteiger partial charge in [-0.3, -0.25) is 9.59 Å². The van der Waals surface area contributed by atoms with Crippen LogP contribution in [0.4, 0.5) is 14.7 Å². The molecule has 1 aromatic carbocycles. The average molecular weight is 638 g/mol. The second-order valence-electron chi connectivity index (χ2n) is 11.3. The molecule has 2 fully saturated rings. The number of amides is 2. The van der Waals surface area contributed by atoms with E-state index in [1.807, 2.05) is 0 Å². The van der Waals surface area contributed by atoms with E-state index in [9.17, 15) is 23.5 Å². The van der Waals surface area contributed by atoms with Gasteiger partial charge in [0, 0.05) is 49.8 Å². The van der Waals surface area contributed by atoms with E-state index in [4.69, 9.17) is 26.6 Å². The molecule has 2 aromatic rings. The molecule has 11 nitrogen and oxygen atoms in total. The molecule has 240 valence electrons. The lowest BCUT2D eigenvalue weighted by Crippen LogP contribution is -2.50. The van der Waals surface area contributed by atoms with Crippen LogP contribution in [0.5, 0.6) is 5.75 Å². The highest BCUT2D eigenvalue weighted by molar-refractivity contribution is 6.30. The van der Waals surface area contributed by atoms with Gasteiger partial charge in [-0.1, -0.05) is 17.7 Å². The lowest BCUT2D eigenvalue weighted by molar-refractivity contribution is -0.135. The van der Waals surface area contributed by atoms with Crippen molar-refractivity contribution in [3.8, 4) is 5.75 Å². The van der Waals surface area contributed by atoms with Crippen molar-refractivity contribution in [3.05, 3.63) is 58.9 Å². The van der Waals surface area contributed by atoms with Gasteiger partial charge in [-0.05, 0) is 37.7 Å². The Labute approximate surface area is 259 Å². The van der Waals surface area contributed by atoms with Gasteiger partial charge in [0.1, 0.15) is 23.0 Å². The van der Waals surface area contributed by atoms with Crippen LogP contribution in [-0.4, -0.2) is 100 Å². The molecule has 44 heavy (non-hydrogen) atoms. The number of aliphatic hydroxyl groups excluding tert-OH is 2. The van der Waals surface area contributed by atoms with Crippen LogP contribution in [0, 0.1) is 23.5 Å². The molecule has 4 rings (SSSR count). The van der Waals surface area contributed by atoms with Crippen molar-refractivity contribution < 1.29 is 38.4 Å². The van der Waals surface area contributed by atoms with Gasteiger partial charge in [-0.25, -0.2) is 18.7 Å². The zero-order chi connectivity index (χ0) is 31.7. The number of likely N-dealkylation sites (tertiary alicyclic amines) is 1. The first-order valence-electron chi connectivity index (χ1n) is 14.6. The number of hydrogen-bond donors (Lipinski definition) is 4. The number of aromatic nitrogens is 2. The molecule has 2 aliphatic heterocycles. The summed E-state index contributed by atoms with van der Waals surface area (Å²) in [5.74, 6) is -1.50. The van der Waals surface area contributed by atoms with Gasteiger partial charge in [-0.2, -0.15) is 0 Å². The highest BCUT2D eigenvalue weighted by atomic mass is 35.5. The number of nitrogens with zero attached hydrogens (tertiary/aromatic N) is 4. The second-order valence-corrected chi connectivity index (χ2v) is 11.8. The Bertz CT molecular complexity index is 1280. The molecule has 0 bridgehead atoms. The number of anilines is 1. The van der Waals surface area contributed by atoms with Crippen LogP contribution in [0.2, 0.25) is 5.02 Å². The monoisotopic (exact) mass is 637 g/mol. The Morgan fingerprint density at radius 2 is 1.75 bits per heavy atom. The number of benzene rings is 1. The molecular formula is C30H38ClF2N5O6. The molecular weight excluding hydrogens is 600 g/mol. The van der Waals surface area contributed by atoms with E-state index < -0.39 is 48.7 Å². The number of hydrogen-bond acceptors (Lipinski definition) is 9. The van der Waals surface area contributed by atoms with Gasteiger partial charge < -0.3 is 35.2 Å². The quantitative estimate of drug-likeness (QED) is 0.180. The van der Waals surface area contributed by atoms with Crippen LogP contribution >= 0.6 is 11.6 Å². The van der Waals surface area contributed by atoms with Gasteiger partial charge >= 0.3 is 0 Å². The van der Waals surface area contributed by atoms with E-state index in [0.717, 1.165) is 50.9 Å². The first-order valence-corrected chi connectivity index (χ1v) is 15.0. The van der Waals surface area contributed by atoms with E-state index in [-0.39, 0.29) is 36.9 Å². The normalized spacial score (nSPS) is 16.3. The number of carbonyl (C=O) groups excluding carboxylic acids is 2. The summed E-state index contributed by atoms with van der Waals surface area (Å²) in [6, 6.07) is 2.20. The predicted molar refractivity (Wildman–Crippen MR) is 158 cm³/mol. The van der Waals surface area contributed by atoms with Gasteiger partial charge in [0.25, 0.3) is 0 Å². The Morgan fingerprint density at radius 1 is 1.11 bits per heavy atom. The molecule has 3 heterocycles. The maximum Gasteiger partial charge on any atom is 0.243 e. The van der Waals surface area contributed by atoms with Crippen molar-refractivity contribution in [2.24, 2.45) is 11.8 Å². The van der Waals surface area contributed by atoms with Crippen molar-refractivity contribution in [2.45, 2.75) is 37.7 Å². The standard InChI is InChI=1S/C30H38ClF2N5O6/c31-22-13-34-29(35-14-22)37-7-5-20(6-8-37)2-1-9-44-23-10-25(32)24(26(33)11-23)12-28(42)38-15-21(16-38)3-4-27(41)36-17-30(43,18-39)19-40/h3-4,10-11,13-14,20-21,39-40,43H,1-2,5-9,12,15-19H2,(H,36,41)/b4-3+. The summed E-state index contributed by atoms with van der Waals surface area (Å²) in [6.45, 7) is 0.836. The lowest BCUT2D eigenvalue weighted by Gasteiger charge is -2.37. The van der Waals surface area contributed by atoms with E-state index in [1.165, 1.54) is 11.0 Å². The van der Waals surface area contributed by atoms with Crippen LogP contribution < -0.4 is 15.0 Å². The predicted octanol–water partition coefficient (Wildman–Crippen LogP) is 1.87. The fraction of sp³-hybridized carbons (Fsp3) is 0.533. The Morgan fingerprint density at radius 3 is 2.36 bits per heavy atom. The molecule has 2 saturated heterocycles. The Kier molecular flexibility index (Phi) is 11.8. The number of nitrogens with one attached hydrogen (secondary N) is 1. The molecule has 0 radical (unpaired) electrons. The average Bonchev–Trinajstić information content (AvgIpc) is 3.00. The van der Waals surface area contributed by atoms with Crippen LogP contribution in [-0.2, 0) is 16.0 Å². The summed E-state index contributed by atoms with van der Waals surface area (Å²) >= 11 is 5.86. The molecule has 0 aliphatic carbocycles. The molecule has 14 heteroatoms. The van der Waals surface area contributed by atoms with Crippen molar-refractivity contribution in [2.75, 3.05) is 57.4 Å². The zero-order valence-electron chi connectivity index (χ0n) is 24.3. The largest absolute Gasteiger partial charge is 0.493 e. The van der Waals surface area contributed by atoms with Crippen LogP contribution in [0.1, 0.15) is 31.2 Å². The summed E-state index contributed by atoms with van der Waals surface area (Å²) < 4.78 is 35.1. The maximum absolute atomic E-state index is 14.7. The van der Waals surface area contributed by atoms with Crippen molar-refractivity contribution in [1.82, 2.24) is 20.2 Å². The van der Waals surface area contributed by atoms with Crippen molar-refractivity contribution >= 4 is 29.4 Å². The third-order valence-corrected chi connectivity index (χ3v) is 8.13. The minimum atomic E-state index is -1.81. The maximum atomic E-state index is 14.7. The summed E-state index contributed by atoms with van der Waals surface area (Å²) in [7, 11) is 0. The summed E-state index contributed by atoms with van der Waals surface area (Å²) in [4.78, 5) is 36.6. The number of halogens is 3. The summed E-state index contributed by atoms with van der Waals surface area (Å²) in [5, 5.41) is 30.7. The van der Waals surface area contributed by atoms with E-state index in [2.05, 4.69) is 20.2 Å². The van der Waals surface area contributed by atoms with E-state index in [0.29, 0.717) is 23.5 Å². The number of aliphatic hydroxyl groups is 3. The molecule has 4 N–H and O–H groups in total. The van der Waals surface area contributed by atoms with E-state index in [1.54, 1.807) is 18.5 Å². The minimum absolute atomic E-state index is 0.0785. The summed E-state index contributed by atoms with van der Waals surface area (Å²) in [5.41, 5.74) is -2.13.